The van der Waals surface area contributed by atoms with Crippen LogP contribution >= 0.6 is 0 Å². The molecular weight excluding hydrogens is 406 g/mol. The largest absolute Gasteiger partial charge is 0.346 e. The fourth-order valence-electron chi connectivity index (χ4n) is 3.68. The summed E-state index contributed by atoms with van der Waals surface area (Å²) in [5.74, 6) is -1.58. The first kappa shape index (κ1) is 23.4. The minimum Gasteiger partial charge on any atom is -0.346 e. The number of hydrogen-bond acceptors (Lipinski definition) is 5. The maximum atomic E-state index is 12.5. The van der Waals surface area contributed by atoms with Crippen LogP contribution in [0.2, 0.25) is 0 Å². The molecule has 0 aliphatic carbocycles. The van der Waals surface area contributed by atoms with Gasteiger partial charge in [-0.2, -0.15) is 0 Å². The Bertz CT molecular complexity index is 935. The molecule has 0 aromatic heterocycles. The number of likely N-dealkylation sites (N-methyl/N-ethyl adjacent to an activating group) is 1. The highest BCUT2D eigenvalue weighted by Crippen LogP contribution is 2.22. The molecule has 1 fully saturated rings. The Labute approximate surface area is 189 Å². The average Bonchev–Trinajstić information content (AvgIpc) is 2.77. The summed E-state index contributed by atoms with van der Waals surface area (Å²) >= 11 is 0. The molecule has 3 rings (SSSR count). The number of rotatable bonds is 6. The maximum Gasteiger partial charge on any atom is 0.313 e. The molecule has 0 spiro atoms. The van der Waals surface area contributed by atoms with Gasteiger partial charge in [0.05, 0.1) is 6.04 Å². The lowest BCUT2D eigenvalue weighted by Gasteiger charge is -2.38. The molecule has 0 radical (unpaired) electrons. The van der Waals surface area contributed by atoms with E-state index in [0.29, 0.717) is 17.9 Å². The van der Waals surface area contributed by atoms with E-state index in [9.17, 15) is 14.4 Å². The van der Waals surface area contributed by atoms with Gasteiger partial charge in [0.2, 0.25) is 5.91 Å². The van der Waals surface area contributed by atoms with Crippen molar-refractivity contribution in [2.24, 2.45) is 0 Å². The Kier molecular flexibility index (Phi) is 7.97. The minimum atomic E-state index is -0.724. The number of anilines is 2. The average molecular weight is 438 g/mol. The molecule has 3 N–H and O–H groups in total. The van der Waals surface area contributed by atoms with Gasteiger partial charge in [-0.1, -0.05) is 29.8 Å². The molecule has 2 aromatic carbocycles. The number of carbonyl (C=O) groups is 3. The van der Waals surface area contributed by atoms with E-state index in [1.807, 2.05) is 6.92 Å². The van der Waals surface area contributed by atoms with Crippen molar-refractivity contribution >= 4 is 29.1 Å². The fraction of sp³-hybridized carbons (Fsp3) is 0.375. The smallest absolute Gasteiger partial charge is 0.313 e. The highest BCUT2D eigenvalue weighted by Gasteiger charge is 2.25. The first-order valence-electron chi connectivity index (χ1n) is 10.8. The monoisotopic (exact) mass is 437 g/mol. The third-order valence-electron chi connectivity index (χ3n) is 5.57. The van der Waals surface area contributed by atoms with E-state index in [-0.39, 0.29) is 11.9 Å². The van der Waals surface area contributed by atoms with Gasteiger partial charge in [-0.3, -0.25) is 19.3 Å². The predicted molar refractivity (Wildman–Crippen MR) is 125 cm³/mol. The molecule has 0 saturated carbocycles. The van der Waals surface area contributed by atoms with Gasteiger partial charge >= 0.3 is 11.8 Å². The van der Waals surface area contributed by atoms with Gasteiger partial charge in [-0.25, -0.2) is 0 Å². The second-order valence-corrected chi connectivity index (χ2v) is 8.19. The summed E-state index contributed by atoms with van der Waals surface area (Å²) in [4.78, 5) is 40.6. The molecule has 3 amide bonds. The van der Waals surface area contributed by atoms with Crippen LogP contribution in [0.15, 0.2) is 48.5 Å². The summed E-state index contributed by atoms with van der Waals surface area (Å²) in [5, 5.41) is 8.05. The van der Waals surface area contributed by atoms with Crippen molar-refractivity contribution in [1.82, 2.24) is 15.1 Å². The van der Waals surface area contributed by atoms with Crippen LogP contribution in [0.3, 0.4) is 0 Å². The van der Waals surface area contributed by atoms with Crippen LogP contribution in [-0.4, -0.2) is 67.3 Å². The van der Waals surface area contributed by atoms with E-state index in [0.717, 1.165) is 31.7 Å². The number of nitrogens with zero attached hydrogens (tertiary/aromatic N) is 2. The Morgan fingerprint density at radius 1 is 0.844 bits per heavy atom. The molecule has 1 atom stereocenters. The van der Waals surface area contributed by atoms with Gasteiger partial charge in [0.15, 0.2) is 0 Å². The predicted octanol–water partition coefficient (Wildman–Crippen LogP) is 2.00. The normalized spacial score (nSPS) is 15.6. The lowest BCUT2D eigenvalue weighted by Crippen LogP contribution is -2.49. The molecule has 1 aliphatic heterocycles. The Morgan fingerprint density at radius 2 is 1.41 bits per heavy atom. The van der Waals surface area contributed by atoms with Gasteiger partial charge in [0, 0.05) is 51.0 Å². The second kappa shape index (κ2) is 10.9. The topological polar surface area (TPSA) is 93.8 Å². The van der Waals surface area contributed by atoms with Crippen molar-refractivity contribution in [3.05, 3.63) is 59.7 Å². The molecule has 8 heteroatoms. The molecule has 170 valence electrons. The van der Waals surface area contributed by atoms with Crippen molar-refractivity contribution in [3.8, 4) is 0 Å². The highest BCUT2D eigenvalue weighted by atomic mass is 16.2. The van der Waals surface area contributed by atoms with Gasteiger partial charge in [-0.05, 0) is 43.8 Å². The second-order valence-electron chi connectivity index (χ2n) is 8.19. The van der Waals surface area contributed by atoms with Crippen LogP contribution < -0.4 is 16.0 Å². The SMILES string of the molecule is CC(=O)Nc1ccc(NC(=O)C(=O)NCC(c2ccc(C)cc2)N2CCN(C)CC2)cc1. The van der Waals surface area contributed by atoms with Gasteiger partial charge in [-0.15, -0.1) is 0 Å². The highest BCUT2D eigenvalue weighted by molar-refractivity contribution is 6.39. The van der Waals surface area contributed by atoms with E-state index in [1.54, 1.807) is 24.3 Å². The number of piperazine rings is 1. The van der Waals surface area contributed by atoms with Crippen molar-refractivity contribution in [2.45, 2.75) is 19.9 Å². The Hall–Kier alpha value is -3.23. The Morgan fingerprint density at radius 3 is 1.97 bits per heavy atom. The summed E-state index contributed by atoms with van der Waals surface area (Å²) in [7, 11) is 2.10. The lowest BCUT2D eigenvalue weighted by atomic mass is 10.0. The van der Waals surface area contributed by atoms with E-state index >= 15 is 0 Å². The third-order valence-corrected chi connectivity index (χ3v) is 5.57. The molecule has 2 aromatic rings. The molecule has 1 unspecified atom stereocenters. The molecule has 8 nitrogen and oxygen atoms in total. The molecule has 32 heavy (non-hydrogen) atoms. The number of hydrogen-bond donors (Lipinski definition) is 3. The lowest BCUT2D eigenvalue weighted by molar-refractivity contribution is -0.136. The standard InChI is InChI=1S/C24H31N5O3/c1-17-4-6-19(7-5-17)22(29-14-12-28(3)13-15-29)16-25-23(31)24(32)27-21-10-8-20(9-11-21)26-18(2)30/h4-11,22H,12-16H2,1-3H3,(H,25,31)(H,26,30)(H,27,32). The van der Waals surface area contributed by atoms with E-state index < -0.39 is 11.8 Å². The van der Waals surface area contributed by atoms with Crippen molar-refractivity contribution < 1.29 is 14.4 Å². The van der Waals surface area contributed by atoms with Crippen molar-refractivity contribution in [1.29, 1.82) is 0 Å². The summed E-state index contributed by atoms with van der Waals surface area (Å²) in [6.45, 7) is 7.54. The molecular formula is C24H31N5O3. The first-order chi connectivity index (χ1) is 15.3. The number of aryl methyl sites for hydroxylation is 1. The third kappa shape index (κ3) is 6.63. The number of amides is 3. The number of nitrogens with one attached hydrogen (secondary N) is 3. The van der Waals surface area contributed by atoms with Crippen LogP contribution in [0.1, 0.15) is 24.1 Å². The van der Waals surface area contributed by atoms with Gasteiger partial charge in [0.25, 0.3) is 0 Å². The van der Waals surface area contributed by atoms with E-state index in [4.69, 9.17) is 0 Å². The maximum absolute atomic E-state index is 12.5. The summed E-state index contributed by atoms with van der Waals surface area (Å²) in [5.41, 5.74) is 3.40. The number of carbonyl (C=O) groups excluding carboxylic acids is 3. The quantitative estimate of drug-likeness (QED) is 0.601. The summed E-state index contributed by atoms with van der Waals surface area (Å²) in [6.07, 6.45) is 0. The van der Waals surface area contributed by atoms with Crippen molar-refractivity contribution in [3.63, 3.8) is 0 Å². The molecule has 1 aliphatic rings. The summed E-state index contributed by atoms with van der Waals surface area (Å²) in [6, 6.07) is 14.9. The zero-order valence-electron chi connectivity index (χ0n) is 18.9. The zero-order chi connectivity index (χ0) is 23.1. The first-order valence-corrected chi connectivity index (χ1v) is 10.8. The van der Waals surface area contributed by atoms with E-state index in [1.165, 1.54) is 12.5 Å². The zero-order valence-corrected chi connectivity index (χ0v) is 18.9. The van der Waals surface area contributed by atoms with Crippen LogP contribution in [0.5, 0.6) is 0 Å². The number of benzene rings is 2. The van der Waals surface area contributed by atoms with Crippen LogP contribution in [0.4, 0.5) is 11.4 Å². The van der Waals surface area contributed by atoms with E-state index in [2.05, 4.69) is 57.1 Å². The Balaban J connectivity index is 1.60. The molecule has 0 bridgehead atoms. The van der Waals surface area contributed by atoms with Gasteiger partial charge < -0.3 is 20.9 Å². The van der Waals surface area contributed by atoms with Crippen LogP contribution in [0.25, 0.3) is 0 Å². The minimum absolute atomic E-state index is 0.00186. The molecule has 1 saturated heterocycles. The fourth-order valence-corrected chi connectivity index (χ4v) is 3.68. The van der Waals surface area contributed by atoms with Crippen LogP contribution in [-0.2, 0) is 14.4 Å². The van der Waals surface area contributed by atoms with Crippen molar-refractivity contribution in [2.75, 3.05) is 50.4 Å². The molecule has 1 heterocycles. The van der Waals surface area contributed by atoms with Crippen LogP contribution in [0, 0.1) is 6.92 Å². The van der Waals surface area contributed by atoms with Gasteiger partial charge in [0.1, 0.15) is 0 Å². The summed E-state index contributed by atoms with van der Waals surface area (Å²) < 4.78 is 0.